The third kappa shape index (κ3) is 5.42. The molecule has 0 aliphatic carbocycles. The first-order valence-electron chi connectivity index (χ1n) is 9.63. The number of urea groups is 1. The van der Waals surface area contributed by atoms with Gasteiger partial charge in [0, 0.05) is 19.0 Å². The van der Waals surface area contributed by atoms with E-state index in [1.54, 1.807) is 35.9 Å². The van der Waals surface area contributed by atoms with Gasteiger partial charge in [-0.05, 0) is 37.6 Å². The number of aryl methyl sites for hydroxylation is 2. The Balaban J connectivity index is 1.60. The van der Waals surface area contributed by atoms with Gasteiger partial charge in [-0.2, -0.15) is 5.10 Å². The molecule has 0 aliphatic heterocycles. The molecule has 1 heterocycles. The van der Waals surface area contributed by atoms with Crippen molar-refractivity contribution in [1.82, 2.24) is 15.1 Å². The number of ether oxygens (including phenoxy) is 1. The molecule has 156 valence electrons. The van der Waals surface area contributed by atoms with Crippen LogP contribution in [0.15, 0.2) is 60.7 Å². The normalized spacial score (nSPS) is 10.5. The molecule has 30 heavy (non-hydrogen) atoms. The first-order valence-corrected chi connectivity index (χ1v) is 10.0. The van der Waals surface area contributed by atoms with E-state index in [2.05, 4.69) is 23.2 Å². The lowest BCUT2D eigenvalue weighted by Gasteiger charge is -2.17. The van der Waals surface area contributed by atoms with Gasteiger partial charge in [-0.1, -0.05) is 49.2 Å². The highest BCUT2D eigenvalue weighted by molar-refractivity contribution is 7.82. The van der Waals surface area contributed by atoms with Crippen molar-refractivity contribution in [2.24, 2.45) is 0 Å². The van der Waals surface area contributed by atoms with Crippen LogP contribution in [-0.4, -0.2) is 28.3 Å². The van der Waals surface area contributed by atoms with Crippen LogP contribution in [0.3, 0.4) is 0 Å². The molecule has 1 N–H and O–H groups in total. The van der Waals surface area contributed by atoms with E-state index in [9.17, 15) is 9.59 Å². The molecule has 0 aliphatic rings. The first kappa shape index (κ1) is 21.4. The zero-order chi connectivity index (χ0) is 21.5. The molecule has 2 aromatic carbocycles. The Labute approximate surface area is 181 Å². The second-order valence-corrected chi connectivity index (χ2v) is 7.04. The summed E-state index contributed by atoms with van der Waals surface area (Å²) in [6.45, 7) is 4.70. The maximum atomic E-state index is 12.5. The molecule has 0 fully saturated rings. The lowest BCUT2D eigenvalue weighted by Crippen LogP contribution is -2.39. The van der Waals surface area contributed by atoms with Crippen molar-refractivity contribution in [3.8, 4) is 5.75 Å². The van der Waals surface area contributed by atoms with Crippen molar-refractivity contribution < 1.29 is 14.3 Å². The molecular formula is C22H24N4O3S. The molecule has 7 nitrogen and oxygen atoms in total. The largest absolute Gasteiger partial charge is 0.493 e. The minimum Gasteiger partial charge on any atom is -0.493 e. The smallest absolute Gasteiger partial charge is 0.338 e. The van der Waals surface area contributed by atoms with Gasteiger partial charge in [-0.3, -0.25) is 14.8 Å². The van der Waals surface area contributed by atoms with Crippen LogP contribution in [0.1, 0.15) is 28.7 Å². The fraction of sp³-hybridized carbons (Fsp3) is 0.227. The van der Waals surface area contributed by atoms with Crippen LogP contribution < -0.4 is 14.4 Å². The second kappa shape index (κ2) is 9.98. The van der Waals surface area contributed by atoms with Gasteiger partial charge in [0.05, 0.1) is 18.0 Å². The summed E-state index contributed by atoms with van der Waals surface area (Å²) in [4.78, 5) is 24.9. The van der Waals surface area contributed by atoms with Crippen LogP contribution in [0, 0.1) is 6.92 Å². The molecule has 0 radical (unpaired) electrons. The van der Waals surface area contributed by atoms with Gasteiger partial charge in [0.15, 0.2) is 0 Å². The van der Waals surface area contributed by atoms with E-state index in [1.165, 1.54) is 5.56 Å². The number of nitrogens with zero attached hydrogens (tertiary/aromatic N) is 3. The minimum absolute atomic E-state index is 0.322. The van der Waals surface area contributed by atoms with Crippen LogP contribution in [0.25, 0.3) is 0 Å². The van der Waals surface area contributed by atoms with E-state index < -0.39 is 11.9 Å². The van der Waals surface area contributed by atoms with E-state index in [-0.39, 0.29) is 0 Å². The highest BCUT2D eigenvalue weighted by Gasteiger charge is 2.20. The van der Waals surface area contributed by atoms with Gasteiger partial charge in [0.25, 0.3) is 5.91 Å². The lowest BCUT2D eigenvalue weighted by atomic mass is 10.2. The monoisotopic (exact) mass is 424 g/mol. The number of hydrogen-bond acceptors (Lipinski definition) is 5. The van der Waals surface area contributed by atoms with Crippen molar-refractivity contribution >= 4 is 30.4 Å². The van der Waals surface area contributed by atoms with E-state index >= 15 is 0 Å². The van der Waals surface area contributed by atoms with Crippen LogP contribution in [0.5, 0.6) is 5.75 Å². The highest BCUT2D eigenvalue weighted by Crippen LogP contribution is 2.23. The maximum absolute atomic E-state index is 12.5. The number of carbonyl (C=O) groups excluding carboxylic acids is 2. The number of thiol groups is 1. The van der Waals surface area contributed by atoms with Crippen LogP contribution in [0.4, 0.5) is 10.5 Å². The average Bonchev–Trinajstić information content (AvgIpc) is 3.15. The number of anilines is 1. The molecule has 0 saturated carbocycles. The standard InChI is InChI=1S/C22H24N4O3S/c1-3-25-20(14-16(2)24-25)21(27)23-22(28)26(30)18-10-7-11-19(15-18)29-13-12-17-8-5-4-6-9-17/h4-11,14-15,30H,3,12-13H2,1-2H3,(H,23,27,28). The Morgan fingerprint density at radius 3 is 2.63 bits per heavy atom. The zero-order valence-electron chi connectivity index (χ0n) is 16.9. The summed E-state index contributed by atoms with van der Waals surface area (Å²) in [5.41, 5.74) is 2.70. The Morgan fingerprint density at radius 2 is 1.90 bits per heavy atom. The quantitative estimate of drug-likeness (QED) is 0.562. The van der Waals surface area contributed by atoms with Crippen LogP contribution >= 0.6 is 12.8 Å². The summed E-state index contributed by atoms with van der Waals surface area (Å²) >= 11 is 4.24. The van der Waals surface area contributed by atoms with Gasteiger partial charge in [0.2, 0.25) is 0 Å². The number of carbonyl (C=O) groups is 2. The SMILES string of the molecule is CCn1nc(C)cc1C(=O)NC(=O)N(S)c1cccc(OCCc2ccccc2)c1. The van der Waals surface area contributed by atoms with Crippen molar-refractivity contribution in [2.45, 2.75) is 26.8 Å². The molecular weight excluding hydrogens is 400 g/mol. The van der Waals surface area contributed by atoms with Gasteiger partial charge >= 0.3 is 6.03 Å². The van der Waals surface area contributed by atoms with E-state index in [0.29, 0.717) is 36.0 Å². The Bertz CT molecular complexity index is 1020. The van der Waals surface area contributed by atoms with E-state index in [1.807, 2.05) is 43.3 Å². The topological polar surface area (TPSA) is 76.5 Å². The molecule has 3 rings (SSSR count). The maximum Gasteiger partial charge on any atom is 0.338 e. The number of hydrogen-bond donors (Lipinski definition) is 2. The third-order valence-electron chi connectivity index (χ3n) is 4.41. The fourth-order valence-corrected chi connectivity index (χ4v) is 3.11. The van der Waals surface area contributed by atoms with Crippen molar-refractivity contribution in [3.63, 3.8) is 0 Å². The average molecular weight is 425 g/mol. The van der Waals surface area contributed by atoms with Gasteiger partial charge in [0.1, 0.15) is 11.4 Å². The van der Waals surface area contributed by atoms with Crippen molar-refractivity contribution in [1.29, 1.82) is 0 Å². The minimum atomic E-state index is -0.661. The summed E-state index contributed by atoms with van der Waals surface area (Å²) in [7, 11) is 0. The summed E-state index contributed by atoms with van der Waals surface area (Å²) < 4.78 is 8.41. The molecule has 0 spiro atoms. The van der Waals surface area contributed by atoms with Crippen LogP contribution in [0.2, 0.25) is 0 Å². The van der Waals surface area contributed by atoms with E-state index in [0.717, 1.165) is 10.7 Å². The molecule has 3 amide bonds. The fourth-order valence-electron chi connectivity index (χ4n) is 2.94. The summed E-state index contributed by atoms with van der Waals surface area (Å²) in [5.74, 6) is 0.0815. The van der Waals surface area contributed by atoms with Crippen molar-refractivity contribution in [3.05, 3.63) is 77.6 Å². The van der Waals surface area contributed by atoms with E-state index in [4.69, 9.17) is 4.74 Å². The number of amides is 3. The zero-order valence-corrected chi connectivity index (χ0v) is 17.8. The van der Waals surface area contributed by atoms with Crippen LogP contribution in [-0.2, 0) is 13.0 Å². The predicted molar refractivity (Wildman–Crippen MR) is 119 cm³/mol. The Hall–Kier alpha value is -3.26. The summed E-state index contributed by atoms with van der Waals surface area (Å²) in [6, 6.07) is 18.0. The van der Waals surface area contributed by atoms with Gasteiger partial charge in [-0.25, -0.2) is 9.10 Å². The van der Waals surface area contributed by atoms with Crippen molar-refractivity contribution in [2.75, 3.05) is 10.9 Å². The molecule has 0 bridgehead atoms. The van der Waals surface area contributed by atoms with Gasteiger partial charge in [-0.15, -0.1) is 0 Å². The highest BCUT2D eigenvalue weighted by atomic mass is 32.1. The number of benzene rings is 2. The Morgan fingerprint density at radius 1 is 1.13 bits per heavy atom. The number of aromatic nitrogens is 2. The number of nitrogens with one attached hydrogen (secondary N) is 1. The lowest BCUT2D eigenvalue weighted by molar-refractivity contribution is 0.0956. The molecule has 8 heteroatoms. The Kier molecular flexibility index (Phi) is 7.13. The molecule has 1 aromatic heterocycles. The molecule has 0 atom stereocenters. The second-order valence-electron chi connectivity index (χ2n) is 6.64. The van der Waals surface area contributed by atoms with Gasteiger partial charge < -0.3 is 4.74 Å². The number of imide groups is 1. The molecule has 3 aromatic rings. The summed E-state index contributed by atoms with van der Waals surface area (Å²) in [6.07, 6.45) is 0.773. The number of rotatable bonds is 7. The molecule has 0 unspecified atom stereocenters. The predicted octanol–water partition coefficient (Wildman–Crippen LogP) is 4.03. The molecule has 0 saturated heterocycles. The first-order chi connectivity index (χ1) is 14.5. The summed E-state index contributed by atoms with van der Waals surface area (Å²) in [5, 5.41) is 6.55. The third-order valence-corrected chi connectivity index (χ3v) is 4.82.